The van der Waals surface area contributed by atoms with Gasteiger partial charge in [-0.1, -0.05) is 0 Å². The Morgan fingerprint density at radius 1 is 1.19 bits per heavy atom. The number of nitrogens with one attached hydrogen (secondary N) is 1. The molecule has 0 aromatic carbocycles. The maximum atomic E-state index is 13.3. The zero-order valence-electron chi connectivity index (χ0n) is 20.2. The number of nitrogens with zero attached hydrogens (tertiary/aromatic N) is 5. The summed E-state index contributed by atoms with van der Waals surface area (Å²) >= 11 is 0. The smallest absolute Gasteiger partial charge is 0.254 e. The van der Waals surface area contributed by atoms with Crippen molar-refractivity contribution in [3.05, 3.63) is 44.4 Å². The van der Waals surface area contributed by atoms with E-state index in [1.165, 1.54) is 5.56 Å². The molecule has 8 heteroatoms. The summed E-state index contributed by atoms with van der Waals surface area (Å²) in [6, 6.07) is 0.229. The second-order valence-electron chi connectivity index (χ2n) is 9.73. The first-order valence-corrected chi connectivity index (χ1v) is 11.8. The lowest BCUT2D eigenvalue weighted by molar-refractivity contribution is -0.133. The molecule has 2 aromatic rings. The molecule has 174 valence electrons. The van der Waals surface area contributed by atoms with E-state index in [0.29, 0.717) is 31.4 Å². The van der Waals surface area contributed by atoms with Crippen LogP contribution in [-0.4, -0.2) is 54.6 Å². The Morgan fingerprint density at radius 3 is 2.59 bits per heavy atom. The van der Waals surface area contributed by atoms with Gasteiger partial charge in [-0.15, -0.1) is 0 Å². The van der Waals surface area contributed by atoms with Gasteiger partial charge in [0, 0.05) is 43.4 Å². The minimum Gasteiger partial charge on any atom is -0.332 e. The number of hydrogen-bond donors (Lipinski definition) is 1. The lowest BCUT2D eigenvalue weighted by Gasteiger charge is -2.32. The highest BCUT2D eigenvalue weighted by Crippen LogP contribution is 2.32. The van der Waals surface area contributed by atoms with E-state index in [2.05, 4.69) is 42.7 Å². The van der Waals surface area contributed by atoms with Crippen LogP contribution in [0.5, 0.6) is 0 Å². The monoisotopic (exact) mass is 440 g/mol. The van der Waals surface area contributed by atoms with Crippen molar-refractivity contribution >= 4 is 5.91 Å². The maximum Gasteiger partial charge on any atom is 0.254 e. The Kier molecular flexibility index (Phi) is 6.25. The van der Waals surface area contributed by atoms with Crippen LogP contribution in [0.15, 0.2) is 4.79 Å². The Hall–Kier alpha value is -2.48. The summed E-state index contributed by atoms with van der Waals surface area (Å²) in [4.78, 5) is 38.2. The molecule has 4 rings (SSSR count). The van der Waals surface area contributed by atoms with Gasteiger partial charge in [-0.05, 0) is 66.4 Å². The third-order valence-electron chi connectivity index (χ3n) is 7.31. The lowest BCUT2D eigenvalue weighted by Crippen LogP contribution is -2.40. The van der Waals surface area contributed by atoms with E-state index >= 15 is 0 Å². The molecule has 2 atom stereocenters. The molecule has 0 unspecified atom stereocenters. The number of amides is 1. The molecule has 0 bridgehead atoms. The molecule has 0 aliphatic carbocycles. The molecule has 4 heterocycles. The number of likely N-dealkylation sites (tertiary alicyclic amines) is 1. The van der Waals surface area contributed by atoms with Crippen LogP contribution >= 0.6 is 0 Å². The zero-order chi connectivity index (χ0) is 23.2. The standard InChI is InChI=1S/C24H36N6O2/c1-14(2)28-11-9-19-20(13-28)25-23(26-24(19)32)21-8-7-10-29(21)22(31)12-15(3)30-18(6)16(4)17(5)27-30/h14-15,21H,7-13H2,1-6H3,(H,25,26,32)/t15-,21+/m0/s1. The van der Waals surface area contributed by atoms with Crippen molar-refractivity contribution in [2.75, 3.05) is 13.1 Å². The highest BCUT2D eigenvalue weighted by atomic mass is 16.2. The summed E-state index contributed by atoms with van der Waals surface area (Å²) < 4.78 is 1.97. The Balaban J connectivity index is 1.54. The number of carbonyl (C=O) groups is 1. The molecule has 0 radical (unpaired) electrons. The fourth-order valence-electron chi connectivity index (χ4n) is 5.06. The molecule has 32 heavy (non-hydrogen) atoms. The number of carbonyl (C=O) groups excluding carboxylic acids is 1. The first-order valence-electron chi connectivity index (χ1n) is 11.8. The number of H-pyrrole nitrogens is 1. The third-order valence-corrected chi connectivity index (χ3v) is 7.31. The topological polar surface area (TPSA) is 87.1 Å². The summed E-state index contributed by atoms with van der Waals surface area (Å²) in [5.41, 5.74) is 4.92. The van der Waals surface area contributed by atoms with E-state index in [1.54, 1.807) is 0 Å². The number of hydrogen-bond acceptors (Lipinski definition) is 5. The molecule has 0 saturated carbocycles. The van der Waals surface area contributed by atoms with Crippen LogP contribution in [0.4, 0.5) is 0 Å². The maximum absolute atomic E-state index is 13.3. The van der Waals surface area contributed by atoms with Gasteiger partial charge in [0.05, 0.1) is 23.5 Å². The van der Waals surface area contributed by atoms with E-state index in [9.17, 15) is 9.59 Å². The first kappa shape index (κ1) is 22.7. The van der Waals surface area contributed by atoms with Gasteiger partial charge in [0.1, 0.15) is 5.82 Å². The second kappa shape index (κ2) is 8.81. The molecule has 2 aromatic heterocycles. The summed E-state index contributed by atoms with van der Waals surface area (Å²) in [5.74, 6) is 0.731. The van der Waals surface area contributed by atoms with Crippen molar-refractivity contribution in [2.45, 2.75) is 91.9 Å². The second-order valence-corrected chi connectivity index (χ2v) is 9.73. The molecular formula is C24H36N6O2. The minimum absolute atomic E-state index is 0.0220. The van der Waals surface area contributed by atoms with Gasteiger partial charge in [0.2, 0.25) is 5.91 Å². The molecular weight excluding hydrogens is 404 g/mol. The number of aryl methyl sites for hydroxylation is 1. The summed E-state index contributed by atoms with van der Waals surface area (Å²) in [7, 11) is 0. The molecule has 8 nitrogen and oxygen atoms in total. The Labute approximate surface area is 190 Å². The van der Waals surface area contributed by atoms with Crippen LogP contribution in [0.2, 0.25) is 0 Å². The van der Waals surface area contributed by atoms with Gasteiger partial charge in [0.15, 0.2) is 0 Å². The molecule has 1 saturated heterocycles. The predicted octanol–water partition coefficient (Wildman–Crippen LogP) is 2.97. The molecule has 1 fully saturated rings. The number of fused-ring (bicyclic) bond motifs is 1. The predicted molar refractivity (Wildman–Crippen MR) is 124 cm³/mol. The van der Waals surface area contributed by atoms with Crippen molar-refractivity contribution in [3.8, 4) is 0 Å². The average molecular weight is 441 g/mol. The first-order chi connectivity index (χ1) is 15.2. The third kappa shape index (κ3) is 4.12. The number of aromatic nitrogens is 4. The summed E-state index contributed by atoms with van der Waals surface area (Å²) in [5, 5.41) is 4.63. The molecule has 0 spiro atoms. The molecule has 1 N–H and O–H groups in total. The quantitative estimate of drug-likeness (QED) is 0.772. The normalized spacial score (nSPS) is 20.1. The van der Waals surface area contributed by atoms with Crippen LogP contribution in [0.25, 0.3) is 0 Å². The minimum atomic E-state index is -0.163. The van der Waals surface area contributed by atoms with Crippen LogP contribution < -0.4 is 5.56 Å². The van der Waals surface area contributed by atoms with Crippen LogP contribution in [0, 0.1) is 20.8 Å². The Morgan fingerprint density at radius 2 is 1.94 bits per heavy atom. The highest BCUT2D eigenvalue weighted by molar-refractivity contribution is 5.77. The number of aromatic amines is 1. The van der Waals surface area contributed by atoms with E-state index in [1.807, 2.05) is 23.4 Å². The van der Waals surface area contributed by atoms with Crippen LogP contribution in [0.1, 0.15) is 86.2 Å². The highest BCUT2D eigenvalue weighted by Gasteiger charge is 2.34. The van der Waals surface area contributed by atoms with Crippen LogP contribution in [-0.2, 0) is 17.8 Å². The fourth-order valence-corrected chi connectivity index (χ4v) is 5.06. The van der Waals surface area contributed by atoms with Crippen LogP contribution in [0.3, 0.4) is 0 Å². The van der Waals surface area contributed by atoms with Gasteiger partial charge < -0.3 is 9.88 Å². The van der Waals surface area contributed by atoms with Gasteiger partial charge in [0.25, 0.3) is 5.56 Å². The van der Waals surface area contributed by atoms with Crippen molar-refractivity contribution < 1.29 is 4.79 Å². The molecule has 2 aliphatic rings. The van der Waals surface area contributed by atoms with Gasteiger partial charge in [-0.2, -0.15) is 5.10 Å². The lowest BCUT2D eigenvalue weighted by atomic mass is 10.0. The van der Waals surface area contributed by atoms with E-state index in [0.717, 1.165) is 48.5 Å². The van der Waals surface area contributed by atoms with Crippen molar-refractivity contribution in [1.82, 2.24) is 29.5 Å². The SMILES string of the molecule is Cc1nn([C@@H](C)CC(=O)N2CCC[C@@H]2c2nc3c(c(=O)[nH]2)CCN(C(C)C)C3)c(C)c1C. The van der Waals surface area contributed by atoms with E-state index in [4.69, 9.17) is 4.98 Å². The average Bonchev–Trinajstić information content (AvgIpc) is 3.34. The fraction of sp³-hybridized carbons (Fsp3) is 0.667. The van der Waals surface area contributed by atoms with E-state index < -0.39 is 0 Å². The largest absolute Gasteiger partial charge is 0.332 e. The van der Waals surface area contributed by atoms with Gasteiger partial charge >= 0.3 is 0 Å². The van der Waals surface area contributed by atoms with E-state index in [-0.39, 0.29) is 23.6 Å². The number of rotatable bonds is 5. The Bertz CT molecular complexity index is 1070. The van der Waals surface area contributed by atoms with Gasteiger partial charge in [-0.25, -0.2) is 4.98 Å². The van der Waals surface area contributed by atoms with Crippen molar-refractivity contribution in [3.63, 3.8) is 0 Å². The molecule has 1 amide bonds. The zero-order valence-corrected chi connectivity index (χ0v) is 20.2. The molecule has 2 aliphatic heterocycles. The summed E-state index contributed by atoms with van der Waals surface area (Å²) in [6.07, 6.45) is 2.86. The van der Waals surface area contributed by atoms with Gasteiger partial charge in [-0.3, -0.25) is 19.2 Å². The van der Waals surface area contributed by atoms with Crippen molar-refractivity contribution in [2.24, 2.45) is 0 Å². The van der Waals surface area contributed by atoms with Crippen molar-refractivity contribution in [1.29, 1.82) is 0 Å². The summed E-state index contributed by atoms with van der Waals surface area (Å²) in [6.45, 7) is 14.8.